The topological polar surface area (TPSA) is 43.1 Å². The molecule has 3 rings (SSSR count). The summed E-state index contributed by atoms with van der Waals surface area (Å²) in [5, 5.41) is 10.3. The smallest absolute Gasteiger partial charge is 0.258 e. The molecular weight excluding hydrogens is 214 g/mol. The second kappa shape index (κ2) is 4.50. The zero-order chi connectivity index (χ0) is 12.3. The third kappa shape index (κ3) is 2.50. The van der Waals surface area contributed by atoms with Crippen LogP contribution in [0.3, 0.4) is 0 Å². The average Bonchev–Trinajstić information content (AvgIpc) is 2.96. The van der Waals surface area contributed by atoms with Gasteiger partial charge < -0.3 is 0 Å². The van der Waals surface area contributed by atoms with E-state index in [2.05, 4.69) is 30.2 Å². The zero-order valence-electron chi connectivity index (χ0n) is 8.96. The fourth-order valence-electron chi connectivity index (χ4n) is 1.43. The maximum absolute atomic E-state index is 10.3. The lowest BCUT2D eigenvalue weighted by atomic mass is 10.2. The number of para-hydroxylation sites is 1. The first-order valence-corrected chi connectivity index (χ1v) is 5.03. The van der Waals surface area contributed by atoms with Crippen molar-refractivity contribution in [2.45, 2.75) is 0 Å². The predicted molar refractivity (Wildman–Crippen MR) is 66.5 cm³/mol. The third-order valence-electron chi connectivity index (χ3n) is 2.37. The summed E-state index contributed by atoms with van der Waals surface area (Å²) in [7, 11) is 0. The molecule has 2 aliphatic carbocycles. The van der Waals surface area contributed by atoms with Crippen LogP contribution >= 0.6 is 0 Å². The Kier molecular flexibility index (Phi) is 2.89. The van der Waals surface area contributed by atoms with Crippen molar-refractivity contribution in [3.05, 3.63) is 64.2 Å². The summed E-state index contributed by atoms with van der Waals surface area (Å²) in [5.41, 5.74) is 3.15. The highest BCUT2D eigenvalue weighted by atomic mass is 16.6. The zero-order valence-corrected chi connectivity index (χ0v) is 8.96. The number of hydrogen-bond donors (Lipinski definition) is 0. The van der Waals surface area contributed by atoms with Crippen LogP contribution in [0.1, 0.15) is 5.56 Å². The molecule has 3 heteroatoms. The first kappa shape index (κ1) is 10.9. The molecule has 0 N–H and O–H groups in total. The van der Waals surface area contributed by atoms with Gasteiger partial charge in [-0.1, -0.05) is 36.3 Å². The third-order valence-corrected chi connectivity index (χ3v) is 2.37. The second-order valence-corrected chi connectivity index (χ2v) is 3.50. The summed E-state index contributed by atoms with van der Waals surface area (Å²) in [6, 6.07) is 14.7. The first-order valence-electron chi connectivity index (χ1n) is 5.03. The van der Waals surface area contributed by atoms with Crippen LogP contribution < -0.4 is 0 Å². The molecule has 0 unspecified atom stereocenters. The van der Waals surface area contributed by atoms with Crippen molar-refractivity contribution in [1.29, 1.82) is 0 Å². The van der Waals surface area contributed by atoms with Crippen molar-refractivity contribution in [3.8, 4) is 23.5 Å². The number of nitrogens with zero attached hydrogens (tertiary/aromatic N) is 1. The van der Waals surface area contributed by atoms with Crippen molar-refractivity contribution in [1.82, 2.24) is 0 Å². The molecule has 0 bridgehead atoms. The largest absolute Gasteiger partial charge is 0.284 e. The van der Waals surface area contributed by atoms with Crippen molar-refractivity contribution < 1.29 is 4.92 Å². The highest BCUT2D eigenvalue weighted by Gasteiger charge is 2.08. The van der Waals surface area contributed by atoms with E-state index in [-0.39, 0.29) is 5.69 Å². The van der Waals surface area contributed by atoms with Gasteiger partial charge in [0.05, 0.1) is 4.92 Å². The van der Waals surface area contributed by atoms with Gasteiger partial charge in [-0.3, -0.25) is 10.1 Å². The molecule has 0 atom stereocenters. The van der Waals surface area contributed by atoms with E-state index in [1.165, 1.54) is 23.3 Å². The number of hydrogen-bond acceptors (Lipinski definition) is 2. The molecule has 1 aromatic carbocycles. The van der Waals surface area contributed by atoms with Crippen LogP contribution in [0.15, 0.2) is 48.5 Å². The van der Waals surface area contributed by atoms with E-state index in [1.54, 1.807) is 12.1 Å². The molecule has 0 aromatic heterocycles. The number of rotatable bonds is 1. The Bertz CT molecular complexity index is 594. The minimum absolute atomic E-state index is 0.0185. The highest BCUT2D eigenvalue weighted by Crippen LogP contribution is 2.32. The minimum Gasteiger partial charge on any atom is -0.258 e. The highest BCUT2D eigenvalue weighted by molar-refractivity contribution is 5.80. The van der Waals surface area contributed by atoms with Crippen LogP contribution in [0.25, 0.3) is 11.1 Å². The SMILES string of the molecule is C#Cc1ccccc1[N+](=O)[O-].c1cc2cc-2c1. The molecule has 1 aromatic rings. The van der Waals surface area contributed by atoms with Gasteiger partial charge in [0.2, 0.25) is 0 Å². The van der Waals surface area contributed by atoms with Gasteiger partial charge in [0.1, 0.15) is 5.56 Å². The lowest BCUT2D eigenvalue weighted by molar-refractivity contribution is -0.385. The molecule has 0 fully saturated rings. The van der Waals surface area contributed by atoms with Crippen molar-refractivity contribution >= 4 is 5.69 Å². The molecule has 0 spiro atoms. The number of terminal acetylenes is 1. The van der Waals surface area contributed by atoms with E-state index in [1.807, 2.05) is 0 Å². The Morgan fingerprint density at radius 3 is 2.06 bits per heavy atom. The molecule has 0 amide bonds. The van der Waals surface area contributed by atoms with Gasteiger partial charge >= 0.3 is 0 Å². The predicted octanol–water partition coefficient (Wildman–Crippen LogP) is 3.24. The van der Waals surface area contributed by atoms with E-state index in [0.29, 0.717) is 5.56 Å². The normalized spacial score (nSPS) is 9.59. The molecule has 0 radical (unpaired) electrons. The number of fused-ring (bicyclic) bond motifs is 1. The fourth-order valence-corrected chi connectivity index (χ4v) is 1.43. The summed E-state index contributed by atoms with van der Waals surface area (Å²) >= 11 is 0. The van der Waals surface area contributed by atoms with E-state index >= 15 is 0 Å². The maximum Gasteiger partial charge on any atom is 0.284 e. The van der Waals surface area contributed by atoms with Gasteiger partial charge in [-0.05, 0) is 23.3 Å². The summed E-state index contributed by atoms with van der Waals surface area (Å²) in [6.07, 6.45) is 5.03. The van der Waals surface area contributed by atoms with Crippen LogP contribution in [0.5, 0.6) is 0 Å². The molecule has 0 saturated carbocycles. The van der Waals surface area contributed by atoms with Gasteiger partial charge in [-0.2, -0.15) is 0 Å². The summed E-state index contributed by atoms with van der Waals surface area (Å²) in [6.45, 7) is 0. The average molecular weight is 223 g/mol. The molecule has 2 aliphatic rings. The quantitative estimate of drug-likeness (QED) is 0.361. The molecule has 0 heterocycles. The lowest BCUT2D eigenvalue weighted by Crippen LogP contribution is -1.90. The summed E-state index contributed by atoms with van der Waals surface area (Å²) < 4.78 is 0. The van der Waals surface area contributed by atoms with Gasteiger partial charge in [-0.15, -0.1) is 6.42 Å². The second-order valence-electron chi connectivity index (χ2n) is 3.50. The lowest BCUT2D eigenvalue weighted by Gasteiger charge is -1.92. The molecular formula is C14H9NO2. The summed E-state index contributed by atoms with van der Waals surface area (Å²) in [4.78, 5) is 9.80. The first-order chi connectivity index (χ1) is 8.22. The van der Waals surface area contributed by atoms with Crippen LogP contribution in [0.4, 0.5) is 5.69 Å². The van der Waals surface area contributed by atoms with E-state index in [0.717, 1.165) is 0 Å². The molecule has 0 aliphatic heterocycles. The Hall–Kier alpha value is -2.60. The van der Waals surface area contributed by atoms with Crippen LogP contribution in [0.2, 0.25) is 0 Å². The monoisotopic (exact) mass is 223 g/mol. The van der Waals surface area contributed by atoms with E-state index in [9.17, 15) is 10.1 Å². The maximum atomic E-state index is 10.3. The van der Waals surface area contributed by atoms with Crippen LogP contribution in [-0.4, -0.2) is 4.92 Å². The standard InChI is InChI=1S/C8H5NO2.C6H4/c1-2-7-5-3-4-6-8(7)9(10)11;1-2-5-4-6(5)3-1/h1,3-6H;1-4H. The van der Waals surface area contributed by atoms with Gasteiger partial charge in [0.15, 0.2) is 0 Å². The molecule has 3 nitrogen and oxygen atoms in total. The molecule has 82 valence electrons. The Morgan fingerprint density at radius 1 is 1.06 bits per heavy atom. The minimum atomic E-state index is -0.491. The van der Waals surface area contributed by atoms with Crippen molar-refractivity contribution in [3.63, 3.8) is 0 Å². The number of nitro benzene ring substituents is 1. The van der Waals surface area contributed by atoms with E-state index < -0.39 is 4.92 Å². The number of benzene rings is 2. The number of nitro groups is 1. The van der Waals surface area contributed by atoms with Crippen LogP contribution in [0, 0.1) is 22.5 Å². The van der Waals surface area contributed by atoms with Crippen LogP contribution in [-0.2, 0) is 0 Å². The Morgan fingerprint density at radius 2 is 1.71 bits per heavy atom. The van der Waals surface area contributed by atoms with Crippen molar-refractivity contribution in [2.24, 2.45) is 0 Å². The van der Waals surface area contributed by atoms with E-state index in [4.69, 9.17) is 6.42 Å². The summed E-state index contributed by atoms with van der Waals surface area (Å²) in [5.74, 6) is 2.24. The van der Waals surface area contributed by atoms with Gasteiger partial charge in [0, 0.05) is 6.07 Å². The van der Waals surface area contributed by atoms with Gasteiger partial charge in [-0.25, -0.2) is 0 Å². The van der Waals surface area contributed by atoms with Gasteiger partial charge in [0.25, 0.3) is 5.69 Å². The molecule has 17 heavy (non-hydrogen) atoms. The Labute approximate surface area is 98.9 Å². The Balaban J connectivity index is 0.000000148. The molecule has 0 saturated heterocycles. The fraction of sp³-hybridized carbons (Fsp3) is 0. The van der Waals surface area contributed by atoms with Crippen molar-refractivity contribution in [2.75, 3.05) is 0 Å².